The monoisotopic (exact) mass is 491 g/mol. The van der Waals surface area contributed by atoms with Crippen LogP contribution in [-0.2, 0) is 35.0 Å². The average Bonchev–Trinajstić information content (AvgIpc) is 3.13. The van der Waals surface area contributed by atoms with Crippen LogP contribution in [0.15, 0.2) is 38.8 Å². The predicted molar refractivity (Wildman–Crippen MR) is 126 cm³/mol. The van der Waals surface area contributed by atoms with Gasteiger partial charge in [-0.25, -0.2) is 23.0 Å². The van der Waals surface area contributed by atoms with Crippen molar-refractivity contribution in [2.75, 3.05) is 7.05 Å². The first-order valence-corrected chi connectivity index (χ1v) is 12.4. The summed E-state index contributed by atoms with van der Waals surface area (Å²) in [6.45, 7) is 5.61. The number of hydrogen-bond acceptors (Lipinski definition) is 7. The number of fused-ring (bicyclic) bond motifs is 1. The van der Waals surface area contributed by atoms with Crippen molar-refractivity contribution in [3.05, 3.63) is 56.5 Å². The molecule has 0 aliphatic rings. The number of nitrogens with zero attached hydrogens (tertiary/aromatic N) is 4. The molecule has 0 radical (unpaired) electrons. The number of imidazole rings is 1. The second-order valence-corrected chi connectivity index (χ2v) is 10.2. The van der Waals surface area contributed by atoms with Gasteiger partial charge in [0.2, 0.25) is 10.0 Å². The molecule has 11 nitrogen and oxygen atoms in total. The molecule has 3 rings (SSSR count). The van der Waals surface area contributed by atoms with Crippen molar-refractivity contribution < 1.29 is 17.9 Å². The Morgan fingerprint density at radius 1 is 1.26 bits per heavy atom. The zero-order valence-corrected chi connectivity index (χ0v) is 20.7. The van der Waals surface area contributed by atoms with Gasteiger partial charge in [-0.2, -0.15) is 4.31 Å². The summed E-state index contributed by atoms with van der Waals surface area (Å²) in [6, 6.07) is 5.35. The van der Waals surface area contributed by atoms with E-state index in [-0.39, 0.29) is 40.1 Å². The first kappa shape index (κ1) is 25.4. The molecule has 0 aliphatic heterocycles. The van der Waals surface area contributed by atoms with Gasteiger partial charge < -0.3 is 9.30 Å². The van der Waals surface area contributed by atoms with Gasteiger partial charge in [0.1, 0.15) is 12.4 Å². The van der Waals surface area contributed by atoms with Gasteiger partial charge >= 0.3 is 11.7 Å². The quantitative estimate of drug-likeness (QED) is 0.449. The molecule has 0 unspecified atom stereocenters. The number of H-pyrrole nitrogens is 1. The molecule has 3 aromatic rings. The lowest BCUT2D eigenvalue weighted by atomic mass is 10.2. The molecule has 0 amide bonds. The molecule has 0 saturated heterocycles. The zero-order valence-electron chi connectivity index (χ0n) is 19.9. The molecule has 0 spiro atoms. The molecular formula is C22H29N5O6S. The SMILES string of the molecule is CCCCn1c(=O)[nH]c(=O)c2c1nc(COC(=O)c1cccc(S(=O)(=O)N(C)C(C)C)c1)n2C. The van der Waals surface area contributed by atoms with Gasteiger partial charge in [-0.05, 0) is 38.5 Å². The molecule has 1 aromatic carbocycles. The highest BCUT2D eigenvalue weighted by Crippen LogP contribution is 2.19. The Morgan fingerprint density at radius 2 is 1.97 bits per heavy atom. The first-order valence-electron chi connectivity index (χ1n) is 10.9. The molecule has 0 bridgehead atoms. The van der Waals surface area contributed by atoms with Crippen LogP contribution in [0.5, 0.6) is 0 Å². The maximum Gasteiger partial charge on any atom is 0.338 e. The van der Waals surface area contributed by atoms with Gasteiger partial charge in [0.15, 0.2) is 11.2 Å². The fraction of sp³-hybridized carbons (Fsp3) is 0.455. The molecule has 0 atom stereocenters. The van der Waals surface area contributed by atoms with Crippen molar-refractivity contribution in [3.63, 3.8) is 0 Å². The standard InChI is InChI=1S/C22H29N5O6S/c1-6-7-11-27-19-18(20(28)24-22(27)30)25(4)17(23-19)13-33-21(29)15-9-8-10-16(12-15)34(31,32)26(5)14(2)3/h8-10,12,14H,6-7,11,13H2,1-5H3,(H,24,28,30). The largest absolute Gasteiger partial charge is 0.454 e. The van der Waals surface area contributed by atoms with Crippen molar-refractivity contribution in [1.29, 1.82) is 0 Å². The molecule has 2 heterocycles. The summed E-state index contributed by atoms with van der Waals surface area (Å²) in [5, 5.41) is 0. The Hall–Kier alpha value is -3.25. The lowest BCUT2D eigenvalue weighted by Crippen LogP contribution is -2.33. The van der Waals surface area contributed by atoms with E-state index in [1.807, 2.05) is 6.92 Å². The van der Waals surface area contributed by atoms with Crippen LogP contribution in [0, 0.1) is 0 Å². The minimum absolute atomic E-state index is 0.0210. The summed E-state index contributed by atoms with van der Waals surface area (Å²) in [7, 11) is -0.703. The van der Waals surface area contributed by atoms with Crippen molar-refractivity contribution in [3.8, 4) is 0 Å². The molecule has 2 aromatic heterocycles. The topological polar surface area (TPSA) is 136 Å². The summed E-state index contributed by atoms with van der Waals surface area (Å²) in [6.07, 6.45) is 1.58. The number of ether oxygens (including phenoxy) is 1. The second kappa shape index (κ2) is 9.94. The van der Waals surface area contributed by atoms with Gasteiger partial charge in [-0.15, -0.1) is 0 Å². The third-order valence-corrected chi connectivity index (χ3v) is 7.68. The lowest BCUT2D eigenvalue weighted by Gasteiger charge is -2.21. The molecule has 0 fully saturated rings. The van der Waals surface area contributed by atoms with E-state index in [1.54, 1.807) is 20.9 Å². The number of rotatable bonds is 9. The van der Waals surface area contributed by atoms with E-state index in [0.29, 0.717) is 6.54 Å². The van der Waals surface area contributed by atoms with Crippen LogP contribution in [0.2, 0.25) is 0 Å². The maximum atomic E-state index is 12.7. The predicted octanol–water partition coefficient (Wildman–Crippen LogP) is 1.61. The molecule has 0 aliphatic carbocycles. The fourth-order valence-corrected chi connectivity index (χ4v) is 4.80. The molecule has 1 N–H and O–H groups in total. The number of aromatic nitrogens is 4. The van der Waals surface area contributed by atoms with E-state index in [9.17, 15) is 22.8 Å². The van der Waals surface area contributed by atoms with E-state index in [0.717, 1.165) is 12.8 Å². The van der Waals surface area contributed by atoms with Crippen molar-refractivity contribution >= 4 is 27.2 Å². The normalized spacial score (nSPS) is 12.1. The third kappa shape index (κ3) is 4.82. The number of benzene rings is 1. The van der Waals surface area contributed by atoms with E-state index in [2.05, 4.69) is 9.97 Å². The van der Waals surface area contributed by atoms with Gasteiger partial charge in [0.05, 0.1) is 10.5 Å². The van der Waals surface area contributed by atoms with Crippen LogP contribution in [0.4, 0.5) is 0 Å². The summed E-state index contributed by atoms with van der Waals surface area (Å²) in [5.41, 5.74) is -0.633. The van der Waals surface area contributed by atoms with Gasteiger partial charge in [-0.3, -0.25) is 14.3 Å². The number of unbranched alkanes of at least 4 members (excludes halogenated alkanes) is 1. The number of carbonyl (C=O) groups is 1. The maximum absolute atomic E-state index is 12.7. The van der Waals surface area contributed by atoms with E-state index in [1.165, 1.54) is 44.8 Å². The van der Waals surface area contributed by atoms with Gasteiger partial charge in [0, 0.05) is 26.7 Å². The fourth-order valence-electron chi connectivity index (χ4n) is 3.38. The Morgan fingerprint density at radius 3 is 2.62 bits per heavy atom. The van der Waals surface area contributed by atoms with Crippen LogP contribution in [0.3, 0.4) is 0 Å². The number of aryl methyl sites for hydroxylation is 2. The van der Waals surface area contributed by atoms with Crippen molar-refractivity contribution in [2.45, 2.75) is 57.7 Å². The number of aromatic amines is 1. The average molecular weight is 492 g/mol. The molecule has 12 heteroatoms. The third-order valence-electron chi connectivity index (χ3n) is 5.65. The molecule has 0 saturated carbocycles. The number of carbonyl (C=O) groups excluding carboxylic acids is 1. The van der Waals surface area contributed by atoms with Crippen LogP contribution >= 0.6 is 0 Å². The first-order chi connectivity index (χ1) is 16.0. The minimum atomic E-state index is -3.77. The van der Waals surface area contributed by atoms with Gasteiger partial charge in [0.25, 0.3) is 5.56 Å². The van der Waals surface area contributed by atoms with E-state index >= 15 is 0 Å². The molecular weight excluding hydrogens is 462 g/mol. The Kier molecular flexibility index (Phi) is 7.41. The summed E-state index contributed by atoms with van der Waals surface area (Å²) in [4.78, 5) is 43.9. The smallest absolute Gasteiger partial charge is 0.338 e. The van der Waals surface area contributed by atoms with Gasteiger partial charge in [-0.1, -0.05) is 19.4 Å². The highest BCUT2D eigenvalue weighted by molar-refractivity contribution is 7.89. The van der Waals surface area contributed by atoms with Crippen LogP contribution < -0.4 is 11.2 Å². The summed E-state index contributed by atoms with van der Waals surface area (Å²) < 4.78 is 34.9. The highest BCUT2D eigenvalue weighted by atomic mass is 32.2. The Balaban J connectivity index is 1.88. The van der Waals surface area contributed by atoms with Crippen molar-refractivity contribution in [1.82, 2.24) is 23.4 Å². The molecule has 34 heavy (non-hydrogen) atoms. The van der Waals surface area contributed by atoms with Crippen molar-refractivity contribution in [2.24, 2.45) is 7.05 Å². The zero-order chi connectivity index (χ0) is 25.2. The number of hydrogen-bond donors (Lipinski definition) is 1. The van der Waals surface area contributed by atoms with Crippen LogP contribution in [0.1, 0.15) is 49.8 Å². The Labute approximate surface area is 197 Å². The number of sulfonamides is 1. The summed E-state index contributed by atoms with van der Waals surface area (Å²) in [5.74, 6) is -0.471. The van der Waals surface area contributed by atoms with Crippen LogP contribution in [0.25, 0.3) is 11.2 Å². The van der Waals surface area contributed by atoms with Crippen LogP contribution in [-0.4, -0.2) is 50.9 Å². The lowest BCUT2D eigenvalue weighted by molar-refractivity contribution is 0.0459. The van der Waals surface area contributed by atoms with E-state index in [4.69, 9.17) is 4.74 Å². The second-order valence-electron chi connectivity index (χ2n) is 8.24. The molecule has 184 valence electrons. The number of esters is 1. The summed E-state index contributed by atoms with van der Waals surface area (Å²) >= 11 is 0. The van der Waals surface area contributed by atoms with E-state index < -0.39 is 27.2 Å². The number of nitrogens with one attached hydrogen (secondary N) is 1. The minimum Gasteiger partial charge on any atom is -0.454 e. The Bertz CT molecular complexity index is 1430. The highest BCUT2D eigenvalue weighted by Gasteiger charge is 2.24.